The Morgan fingerprint density at radius 3 is 2.67 bits per heavy atom. The Morgan fingerprint density at radius 1 is 1.50 bits per heavy atom. The molecule has 102 valence electrons. The fraction of sp³-hybridized carbons (Fsp3) is 0.846. The SMILES string of the molecule is CCCCOC(=O)C1CC2(C1)NC(=O)OC2(C)C. The molecule has 1 saturated heterocycles. The Bertz CT molecular complexity index is 358. The number of hydrogen-bond donors (Lipinski definition) is 1. The van der Waals surface area contributed by atoms with Crippen molar-refractivity contribution in [2.45, 2.75) is 57.6 Å². The van der Waals surface area contributed by atoms with Crippen LogP contribution in [0.15, 0.2) is 0 Å². The highest BCUT2D eigenvalue weighted by molar-refractivity contribution is 5.78. The maximum atomic E-state index is 11.8. The first-order valence-corrected chi connectivity index (χ1v) is 6.58. The summed E-state index contributed by atoms with van der Waals surface area (Å²) >= 11 is 0. The van der Waals surface area contributed by atoms with Crippen LogP contribution in [-0.4, -0.2) is 29.8 Å². The maximum absolute atomic E-state index is 11.8. The number of nitrogens with one attached hydrogen (secondary N) is 1. The summed E-state index contributed by atoms with van der Waals surface area (Å²) < 4.78 is 10.4. The maximum Gasteiger partial charge on any atom is 0.408 e. The fourth-order valence-corrected chi connectivity index (χ4v) is 2.68. The zero-order valence-corrected chi connectivity index (χ0v) is 11.2. The van der Waals surface area contributed by atoms with Gasteiger partial charge in [0.1, 0.15) is 5.60 Å². The molecule has 18 heavy (non-hydrogen) atoms. The average Bonchev–Trinajstić information content (AvgIpc) is 2.45. The van der Waals surface area contributed by atoms with E-state index in [0.717, 1.165) is 12.8 Å². The third-order valence-corrected chi connectivity index (χ3v) is 4.11. The molecule has 5 nitrogen and oxygen atoms in total. The van der Waals surface area contributed by atoms with E-state index in [9.17, 15) is 9.59 Å². The highest BCUT2D eigenvalue weighted by atomic mass is 16.6. The van der Waals surface area contributed by atoms with Crippen molar-refractivity contribution in [1.29, 1.82) is 0 Å². The van der Waals surface area contributed by atoms with Crippen molar-refractivity contribution in [1.82, 2.24) is 5.32 Å². The Balaban J connectivity index is 1.86. The number of carbonyl (C=O) groups excluding carboxylic acids is 2. The molecule has 1 aliphatic heterocycles. The fourth-order valence-electron chi connectivity index (χ4n) is 2.68. The molecule has 1 N–H and O–H groups in total. The lowest BCUT2D eigenvalue weighted by Gasteiger charge is -2.48. The normalized spacial score (nSPS) is 32.6. The first kappa shape index (κ1) is 13.2. The molecule has 2 aliphatic rings. The lowest BCUT2D eigenvalue weighted by Crippen LogP contribution is -2.63. The average molecular weight is 255 g/mol. The molecule has 0 atom stereocenters. The van der Waals surface area contributed by atoms with Crippen molar-refractivity contribution >= 4 is 12.1 Å². The van der Waals surface area contributed by atoms with Crippen LogP contribution < -0.4 is 5.32 Å². The van der Waals surface area contributed by atoms with E-state index in [1.165, 1.54) is 0 Å². The zero-order chi connectivity index (χ0) is 13.4. The first-order valence-electron chi connectivity index (χ1n) is 6.58. The van der Waals surface area contributed by atoms with Crippen molar-refractivity contribution < 1.29 is 19.1 Å². The minimum absolute atomic E-state index is 0.108. The predicted octanol–water partition coefficient (Wildman–Crippen LogP) is 2.00. The van der Waals surface area contributed by atoms with E-state index in [1.807, 2.05) is 13.8 Å². The summed E-state index contributed by atoms with van der Waals surface area (Å²) in [7, 11) is 0. The van der Waals surface area contributed by atoms with Gasteiger partial charge in [-0.15, -0.1) is 0 Å². The number of esters is 1. The summed E-state index contributed by atoms with van der Waals surface area (Å²) in [5.41, 5.74) is -0.942. The highest BCUT2D eigenvalue weighted by Crippen LogP contribution is 2.49. The molecule has 0 aromatic heterocycles. The summed E-state index contributed by atoms with van der Waals surface area (Å²) in [6.45, 7) is 6.30. The van der Waals surface area contributed by atoms with E-state index >= 15 is 0 Å². The molecule has 2 rings (SSSR count). The van der Waals surface area contributed by atoms with Gasteiger partial charge in [0.15, 0.2) is 0 Å². The molecule has 0 aromatic rings. The standard InChI is InChI=1S/C13H21NO4/c1-4-5-6-17-10(15)9-7-13(8-9)12(2,3)18-11(16)14-13/h9H,4-8H2,1-3H3,(H,14,16). The van der Waals surface area contributed by atoms with Gasteiger partial charge < -0.3 is 14.8 Å². The number of hydrogen-bond acceptors (Lipinski definition) is 4. The van der Waals surface area contributed by atoms with Gasteiger partial charge in [-0.05, 0) is 33.1 Å². The van der Waals surface area contributed by atoms with E-state index in [1.54, 1.807) is 0 Å². The Hall–Kier alpha value is -1.26. The summed E-state index contributed by atoms with van der Waals surface area (Å²) in [5.74, 6) is -0.255. The molecule has 0 aromatic carbocycles. The van der Waals surface area contributed by atoms with Gasteiger partial charge in [0.25, 0.3) is 0 Å². The molecule has 2 fully saturated rings. The van der Waals surface area contributed by atoms with E-state index in [4.69, 9.17) is 9.47 Å². The van der Waals surface area contributed by atoms with Gasteiger partial charge in [0.2, 0.25) is 0 Å². The second kappa shape index (κ2) is 4.44. The van der Waals surface area contributed by atoms with Gasteiger partial charge in [-0.3, -0.25) is 4.79 Å². The molecule has 0 unspecified atom stereocenters. The van der Waals surface area contributed by atoms with Crippen molar-refractivity contribution in [2.24, 2.45) is 5.92 Å². The third kappa shape index (κ3) is 2.06. The number of carbonyl (C=O) groups is 2. The molecule has 5 heteroatoms. The minimum Gasteiger partial charge on any atom is -0.465 e. The zero-order valence-electron chi connectivity index (χ0n) is 11.2. The van der Waals surface area contributed by atoms with Crippen molar-refractivity contribution in [3.05, 3.63) is 0 Å². The topological polar surface area (TPSA) is 64.6 Å². The molecule has 0 bridgehead atoms. The summed E-state index contributed by atoms with van der Waals surface area (Å²) in [5, 5.41) is 2.84. The first-order chi connectivity index (χ1) is 8.40. The second-order valence-electron chi connectivity index (χ2n) is 5.73. The second-order valence-corrected chi connectivity index (χ2v) is 5.73. The lowest BCUT2D eigenvalue weighted by molar-refractivity contribution is -0.157. The van der Waals surface area contributed by atoms with Crippen LogP contribution in [0.1, 0.15) is 46.5 Å². The summed E-state index contributed by atoms with van der Waals surface area (Å²) in [6.07, 6.45) is 2.74. The van der Waals surface area contributed by atoms with Crippen LogP contribution in [0.4, 0.5) is 4.79 Å². The van der Waals surface area contributed by atoms with Crippen LogP contribution in [0.25, 0.3) is 0 Å². The summed E-state index contributed by atoms with van der Waals surface area (Å²) in [4.78, 5) is 23.1. The van der Waals surface area contributed by atoms with E-state index in [2.05, 4.69) is 12.2 Å². The molecule has 0 radical (unpaired) electrons. The highest BCUT2D eigenvalue weighted by Gasteiger charge is 2.63. The molecule has 1 heterocycles. The molecule has 1 aliphatic carbocycles. The van der Waals surface area contributed by atoms with Gasteiger partial charge in [-0.1, -0.05) is 13.3 Å². The van der Waals surface area contributed by atoms with Gasteiger partial charge >= 0.3 is 12.1 Å². The lowest BCUT2D eigenvalue weighted by atomic mass is 9.61. The van der Waals surface area contributed by atoms with E-state index < -0.39 is 17.2 Å². The number of unbranched alkanes of at least 4 members (excludes halogenated alkanes) is 1. The van der Waals surface area contributed by atoms with Crippen LogP contribution in [0.2, 0.25) is 0 Å². The Kier molecular flexibility index (Phi) is 3.25. The van der Waals surface area contributed by atoms with Gasteiger partial charge in [0.05, 0.1) is 18.1 Å². The van der Waals surface area contributed by atoms with Gasteiger partial charge in [-0.2, -0.15) is 0 Å². The number of alkyl carbamates (subject to hydrolysis) is 1. The smallest absolute Gasteiger partial charge is 0.408 e. The van der Waals surface area contributed by atoms with Crippen LogP contribution >= 0.6 is 0 Å². The third-order valence-electron chi connectivity index (χ3n) is 4.11. The minimum atomic E-state index is -0.551. The van der Waals surface area contributed by atoms with E-state index in [-0.39, 0.29) is 11.9 Å². The largest absolute Gasteiger partial charge is 0.465 e. The van der Waals surface area contributed by atoms with Crippen molar-refractivity contribution in [3.8, 4) is 0 Å². The summed E-state index contributed by atoms with van der Waals surface area (Å²) in [6, 6.07) is 0. The van der Waals surface area contributed by atoms with Crippen LogP contribution in [0.3, 0.4) is 0 Å². The molecular weight excluding hydrogens is 234 g/mol. The van der Waals surface area contributed by atoms with Gasteiger partial charge in [0, 0.05) is 0 Å². The predicted molar refractivity (Wildman–Crippen MR) is 65.0 cm³/mol. The van der Waals surface area contributed by atoms with Crippen LogP contribution in [0, 0.1) is 5.92 Å². The van der Waals surface area contributed by atoms with Crippen molar-refractivity contribution in [2.75, 3.05) is 6.61 Å². The molecular formula is C13H21NO4. The Morgan fingerprint density at radius 2 is 2.17 bits per heavy atom. The molecule has 1 saturated carbocycles. The van der Waals surface area contributed by atoms with Crippen molar-refractivity contribution in [3.63, 3.8) is 0 Å². The van der Waals surface area contributed by atoms with E-state index in [0.29, 0.717) is 19.4 Å². The quantitative estimate of drug-likeness (QED) is 0.616. The number of ether oxygens (including phenoxy) is 2. The van der Waals surface area contributed by atoms with Crippen LogP contribution in [0.5, 0.6) is 0 Å². The van der Waals surface area contributed by atoms with Crippen LogP contribution in [-0.2, 0) is 14.3 Å². The number of amides is 1. The Labute approximate surface area is 107 Å². The monoisotopic (exact) mass is 255 g/mol. The number of rotatable bonds is 4. The molecule has 1 amide bonds. The number of cyclic esters (lactones) is 1. The van der Waals surface area contributed by atoms with Gasteiger partial charge in [-0.25, -0.2) is 4.79 Å². The molecule has 1 spiro atoms.